The first-order valence-electron chi connectivity index (χ1n) is 8.43. The number of carbonyl (C=O) groups excluding carboxylic acids is 1. The van der Waals surface area contributed by atoms with Gasteiger partial charge in [0.15, 0.2) is 0 Å². The van der Waals surface area contributed by atoms with Crippen molar-refractivity contribution in [1.29, 1.82) is 0 Å². The number of rotatable bonds is 7. The van der Waals surface area contributed by atoms with Crippen molar-refractivity contribution >= 4 is 18.3 Å². The maximum absolute atomic E-state index is 12.4. The monoisotopic (exact) mass is 354 g/mol. The van der Waals surface area contributed by atoms with Crippen molar-refractivity contribution in [3.8, 4) is 5.75 Å². The van der Waals surface area contributed by atoms with Crippen LogP contribution in [0.25, 0.3) is 0 Å². The lowest BCUT2D eigenvalue weighted by atomic mass is 9.84. The summed E-state index contributed by atoms with van der Waals surface area (Å²) in [5, 5.41) is 3.05. The Morgan fingerprint density at radius 1 is 1.21 bits per heavy atom. The Morgan fingerprint density at radius 2 is 1.92 bits per heavy atom. The predicted molar refractivity (Wildman–Crippen MR) is 95.2 cm³/mol. The first-order chi connectivity index (χ1) is 11.2. The lowest BCUT2D eigenvalue weighted by Crippen LogP contribution is -2.45. The van der Waals surface area contributed by atoms with Crippen molar-refractivity contribution in [1.82, 2.24) is 5.32 Å². The molecule has 1 aromatic rings. The zero-order valence-electron chi connectivity index (χ0n) is 14.1. The zero-order valence-corrected chi connectivity index (χ0v) is 14.9. The molecule has 4 unspecified atom stereocenters. The summed E-state index contributed by atoms with van der Waals surface area (Å²) in [6.45, 7) is 1.65. The van der Waals surface area contributed by atoms with E-state index in [-0.39, 0.29) is 30.3 Å². The van der Waals surface area contributed by atoms with E-state index in [1.807, 2.05) is 24.3 Å². The molecule has 1 aromatic carbocycles. The quantitative estimate of drug-likeness (QED) is 0.736. The Kier molecular flexibility index (Phi) is 6.90. The van der Waals surface area contributed by atoms with Crippen LogP contribution in [0.4, 0.5) is 0 Å². The number of benzene rings is 1. The van der Waals surface area contributed by atoms with Gasteiger partial charge in [0.05, 0.1) is 12.5 Å². The molecule has 2 saturated carbocycles. The highest BCUT2D eigenvalue weighted by Gasteiger charge is 2.48. The summed E-state index contributed by atoms with van der Waals surface area (Å²) < 4.78 is 10.5. The van der Waals surface area contributed by atoms with Crippen LogP contribution in [-0.4, -0.2) is 32.3 Å². The van der Waals surface area contributed by atoms with Gasteiger partial charge in [-0.05, 0) is 48.8 Å². The zero-order chi connectivity index (χ0) is 16.2. The average Bonchev–Trinajstić information content (AvgIpc) is 3.15. The number of ether oxygens (including phenoxy) is 2. The molecule has 0 aliphatic heterocycles. The van der Waals surface area contributed by atoms with Crippen molar-refractivity contribution in [3.05, 3.63) is 29.8 Å². The average molecular weight is 355 g/mol. The number of hydrogen-bond donors (Lipinski definition) is 2. The van der Waals surface area contributed by atoms with Crippen LogP contribution in [-0.2, 0) is 16.1 Å². The van der Waals surface area contributed by atoms with Crippen LogP contribution in [0.2, 0.25) is 0 Å². The van der Waals surface area contributed by atoms with Crippen LogP contribution in [0.5, 0.6) is 5.75 Å². The molecule has 3 rings (SSSR count). The fourth-order valence-electron chi connectivity index (χ4n) is 3.98. The van der Waals surface area contributed by atoms with E-state index in [1.54, 1.807) is 7.11 Å². The molecule has 0 heterocycles. The second-order valence-corrected chi connectivity index (χ2v) is 6.64. The first-order valence-corrected chi connectivity index (χ1v) is 8.43. The van der Waals surface area contributed by atoms with E-state index in [4.69, 9.17) is 15.2 Å². The summed E-state index contributed by atoms with van der Waals surface area (Å²) in [6.07, 6.45) is 3.48. The van der Waals surface area contributed by atoms with Crippen LogP contribution >= 0.6 is 12.4 Å². The molecular weight excluding hydrogens is 328 g/mol. The maximum Gasteiger partial charge on any atom is 0.225 e. The van der Waals surface area contributed by atoms with Gasteiger partial charge in [0.25, 0.3) is 0 Å². The van der Waals surface area contributed by atoms with Crippen molar-refractivity contribution < 1.29 is 14.3 Å². The molecule has 134 valence electrons. The molecular formula is C18H27ClN2O3. The van der Waals surface area contributed by atoms with E-state index in [1.165, 1.54) is 6.42 Å². The van der Waals surface area contributed by atoms with Gasteiger partial charge in [-0.15, -0.1) is 12.4 Å². The highest BCUT2D eigenvalue weighted by Crippen LogP contribution is 2.47. The fourth-order valence-corrected chi connectivity index (χ4v) is 3.98. The number of hydrogen-bond acceptors (Lipinski definition) is 4. The Hall–Kier alpha value is -1.30. The van der Waals surface area contributed by atoms with Crippen molar-refractivity contribution in [2.45, 2.75) is 31.8 Å². The molecule has 0 saturated heterocycles. The summed E-state index contributed by atoms with van der Waals surface area (Å²) in [6, 6.07) is 7.83. The van der Waals surface area contributed by atoms with Crippen molar-refractivity contribution in [2.24, 2.45) is 23.5 Å². The Bertz CT molecular complexity index is 536. The van der Waals surface area contributed by atoms with E-state index in [0.717, 1.165) is 24.2 Å². The molecule has 2 aliphatic carbocycles. The van der Waals surface area contributed by atoms with Gasteiger partial charge >= 0.3 is 0 Å². The summed E-state index contributed by atoms with van der Waals surface area (Å²) in [4.78, 5) is 12.4. The van der Waals surface area contributed by atoms with Crippen LogP contribution in [0.15, 0.2) is 24.3 Å². The van der Waals surface area contributed by atoms with Gasteiger partial charge in [0.1, 0.15) is 12.4 Å². The molecule has 24 heavy (non-hydrogen) atoms. The molecule has 3 N–H and O–H groups in total. The molecule has 4 atom stereocenters. The summed E-state index contributed by atoms with van der Waals surface area (Å²) in [7, 11) is 1.65. The van der Waals surface area contributed by atoms with Crippen molar-refractivity contribution in [3.63, 3.8) is 0 Å². The number of methoxy groups -OCH3 is 1. The Morgan fingerprint density at radius 3 is 2.54 bits per heavy atom. The minimum atomic E-state index is 0. The van der Waals surface area contributed by atoms with E-state index in [2.05, 4.69) is 5.32 Å². The largest absolute Gasteiger partial charge is 0.491 e. The lowest BCUT2D eigenvalue weighted by Gasteiger charge is -2.27. The van der Waals surface area contributed by atoms with E-state index >= 15 is 0 Å². The standard InChI is InChI=1S/C18H26N2O3.ClH/c1-22-8-9-23-15-6-2-12(3-7-15)11-20-18(21)16-13-4-5-14(10-13)17(16)19;/h2-3,6-7,13-14,16-17H,4-5,8-11,19H2,1H3,(H,20,21);1H. The lowest BCUT2D eigenvalue weighted by molar-refractivity contribution is -0.127. The number of halogens is 1. The summed E-state index contributed by atoms with van der Waals surface area (Å²) in [5.41, 5.74) is 7.29. The van der Waals surface area contributed by atoms with Crippen LogP contribution in [0.1, 0.15) is 24.8 Å². The van der Waals surface area contributed by atoms with Gasteiger partial charge in [-0.25, -0.2) is 0 Å². The molecule has 0 spiro atoms. The second kappa shape index (κ2) is 8.70. The Labute approximate surface area is 149 Å². The second-order valence-electron chi connectivity index (χ2n) is 6.64. The normalized spacial score (nSPS) is 27.6. The van der Waals surface area contributed by atoms with E-state index in [9.17, 15) is 4.79 Å². The third-order valence-corrected chi connectivity index (χ3v) is 5.23. The van der Waals surface area contributed by atoms with E-state index in [0.29, 0.717) is 31.6 Å². The predicted octanol–water partition coefficient (Wildman–Crippen LogP) is 2.12. The summed E-state index contributed by atoms with van der Waals surface area (Å²) >= 11 is 0. The van der Waals surface area contributed by atoms with Crippen LogP contribution in [0.3, 0.4) is 0 Å². The highest BCUT2D eigenvalue weighted by molar-refractivity contribution is 5.85. The maximum atomic E-state index is 12.4. The first kappa shape index (κ1) is 19.0. The fraction of sp³-hybridized carbons (Fsp3) is 0.611. The minimum absolute atomic E-state index is 0. The SMILES string of the molecule is COCCOc1ccc(CNC(=O)C2C3CCC(C3)C2N)cc1.Cl. The molecule has 0 aromatic heterocycles. The topological polar surface area (TPSA) is 73.6 Å². The van der Waals surface area contributed by atoms with Gasteiger partial charge in [0.2, 0.25) is 5.91 Å². The number of carbonyl (C=O) groups is 1. The van der Waals surface area contributed by atoms with Gasteiger partial charge < -0.3 is 20.5 Å². The van der Waals surface area contributed by atoms with Gasteiger partial charge in [-0.3, -0.25) is 4.79 Å². The molecule has 2 fully saturated rings. The van der Waals surface area contributed by atoms with Gasteiger partial charge in [-0.2, -0.15) is 0 Å². The van der Waals surface area contributed by atoms with Gasteiger partial charge in [-0.1, -0.05) is 12.1 Å². The molecule has 2 bridgehead atoms. The number of nitrogens with one attached hydrogen (secondary N) is 1. The molecule has 1 amide bonds. The van der Waals surface area contributed by atoms with Crippen LogP contribution in [0, 0.1) is 17.8 Å². The number of nitrogens with two attached hydrogens (primary N) is 1. The smallest absolute Gasteiger partial charge is 0.225 e. The third-order valence-electron chi connectivity index (χ3n) is 5.23. The van der Waals surface area contributed by atoms with Crippen LogP contribution < -0.4 is 15.8 Å². The molecule has 5 nitrogen and oxygen atoms in total. The molecule has 0 radical (unpaired) electrons. The number of fused-ring (bicyclic) bond motifs is 2. The minimum Gasteiger partial charge on any atom is -0.491 e. The summed E-state index contributed by atoms with van der Waals surface area (Å²) in [5.74, 6) is 1.98. The molecule has 6 heteroatoms. The Balaban J connectivity index is 0.00000208. The molecule has 2 aliphatic rings. The van der Waals surface area contributed by atoms with E-state index < -0.39 is 0 Å². The van der Waals surface area contributed by atoms with Gasteiger partial charge in [0, 0.05) is 19.7 Å². The highest BCUT2D eigenvalue weighted by atomic mass is 35.5. The van der Waals surface area contributed by atoms with Crippen molar-refractivity contribution in [2.75, 3.05) is 20.3 Å². The third kappa shape index (κ3) is 4.21. The number of amides is 1.